The van der Waals surface area contributed by atoms with Crippen molar-refractivity contribution >= 4 is 0 Å². The van der Waals surface area contributed by atoms with Gasteiger partial charge in [0.1, 0.15) is 0 Å². The van der Waals surface area contributed by atoms with Crippen LogP contribution in [-0.4, -0.2) is 36.5 Å². The molecule has 0 saturated carbocycles. The molecule has 2 rings (SSSR count). The van der Waals surface area contributed by atoms with E-state index < -0.39 is 5.60 Å². The van der Waals surface area contributed by atoms with E-state index in [0.29, 0.717) is 19.3 Å². The summed E-state index contributed by atoms with van der Waals surface area (Å²) in [5, 5.41) is 14.1. The summed E-state index contributed by atoms with van der Waals surface area (Å²) in [6.07, 6.45) is 5.22. The Morgan fingerprint density at radius 2 is 2.13 bits per heavy atom. The first-order chi connectivity index (χ1) is 7.24. The van der Waals surface area contributed by atoms with Crippen molar-refractivity contribution in [2.45, 2.75) is 50.7 Å². The highest BCUT2D eigenvalue weighted by Gasteiger charge is 2.40. The second-order valence-corrected chi connectivity index (χ2v) is 5.02. The van der Waals surface area contributed by atoms with Crippen LogP contribution in [0.3, 0.4) is 0 Å². The molecule has 2 atom stereocenters. The molecular weight excluding hydrogens is 190 g/mol. The molecule has 3 heteroatoms. The number of rotatable bonds is 2. The quantitative estimate of drug-likeness (QED) is 0.726. The number of hydrogen-bond donors (Lipinski definition) is 2. The van der Waals surface area contributed by atoms with Crippen LogP contribution in [0.1, 0.15) is 39.0 Å². The second kappa shape index (κ2) is 4.81. The summed E-state index contributed by atoms with van der Waals surface area (Å²) < 4.78 is 5.32. The van der Waals surface area contributed by atoms with Gasteiger partial charge in [0.2, 0.25) is 0 Å². The fraction of sp³-hybridized carbons (Fsp3) is 1.00. The number of hydrogen-bond acceptors (Lipinski definition) is 3. The molecule has 0 aromatic heterocycles. The molecule has 2 aliphatic rings. The first kappa shape index (κ1) is 11.4. The maximum absolute atomic E-state index is 10.6. The Balaban J connectivity index is 1.95. The van der Waals surface area contributed by atoms with Crippen molar-refractivity contribution < 1.29 is 9.84 Å². The summed E-state index contributed by atoms with van der Waals surface area (Å²) in [4.78, 5) is 0. The van der Waals surface area contributed by atoms with Gasteiger partial charge in [0.05, 0.1) is 5.60 Å². The first-order valence-corrected chi connectivity index (χ1v) is 6.28. The summed E-state index contributed by atoms with van der Waals surface area (Å²) in [6, 6.07) is 0.292. The van der Waals surface area contributed by atoms with Gasteiger partial charge in [0, 0.05) is 32.1 Å². The third kappa shape index (κ3) is 2.52. The van der Waals surface area contributed by atoms with Crippen molar-refractivity contribution in [2.24, 2.45) is 5.92 Å². The third-order valence-corrected chi connectivity index (χ3v) is 4.10. The molecule has 2 N–H and O–H groups in total. The lowest BCUT2D eigenvalue weighted by Crippen LogP contribution is -2.56. The molecule has 0 aromatic carbocycles. The van der Waals surface area contributed by atoms with E-state index in [1.54, 1.807) is 0 Å². The Morgan fingerprint density at radius 3 is 2.80 bits per heavy atom. The third-order valence-electron chi connectivity index (χ3n) is 4.10. The first-order valence-electron chi connectivity index (χ1n) is 6.28. The summed E-state index contributed by atoms with van der Waals surface area (Å²) in [5.41, 5.74) is -0.508. The molecule has 2 unspecified atom stereocenters. The number of piperidine rings is 1. The van der Waals surface area contributed by atoms with Crippen LogP contribution < -0.4 is 5.32 Å². The Morgan fingerprint density at radius 1 is 1.40 bits per heavy atom. The maximum Gasteiger partial charge on any atom is 0.0843 e. The number of nitrogens with one attached hydrogen (secondary N) is 1. The van der Waals surface area contributed by atoms with Crippen LogP contribution in [-0.2, 0) is 4.74 Å². The molecule has 0 bridgehead atoms. The van der Waals surface area contributed by atoms with Gasteiger partial charge in [-0.05, 0) is 25.3 Å². The van der Waals surface area contributed by atoms with E-state index >= 15 is 0 Å². The summed E-state index contributed by atoms with van der Waals surface area (Å²) in [5.74, 6) is 0.795. The average Bonchev–Trinajstić information content (AvgIpc) is 2.30. The summed E-state index contributed by atoms with van der Waals surface area (Å²) in [6.45, 7) is 4.74. The molecule has 2 heterocycles. The predicted octanol–water partition coefficient (Wildman–Crippen LogP) is 1.31. The van der Waals surface area contributed by atoms with Crippen LogP contribution in [0.4, 0.5) is 0 Å². The molecule has 0 amide bonds. The molecule has 3 nitrogen and oxygen atoms in total. The van der Waals surface area contributed by atoms with Crippen LogP contribution in [0.15, 0.2) is 0 Å². The van der Waals surface area contributed by atoms with Crippen molar-refractivity contribution in [3.8, 4) is 0 Å². The summed E-state index contributed by atoms with van der Waals surface area (Å²) in [7, 11) is 0. The molecule has 15 heavy (non-hydrogen) atoms. The van der Waals surface area contributed by atoms with E-state index in [2.05, 4.69) is 12.2 Å². The van der Waals surface area contributed by atoms with Crippen molar-refractivity contribution in [2.75, 3.05) is 19.8 Å². The van der Waals surface area contributed by atoms with E-state index in [1.165, 1.54) is 12.8 Å². The standard InChI is InChI=1S/C12H23NO2/c1-2-10-3-6-13-11(9-10)12(14)4-7-15-8-5-12/h10-11,13-14H,2-9H2,1H3. The molecule has 0 radical (unpaired) electrons. The molecular formula is C12H23NO2. The van der Waals surface area contributed by atoms with Gasteiger partial charge < -0.3 is 15.2 Å². The van der Waals surface area contributed by atoms with Gasteiger partial charge in [-0.1, -0.05) is 13.3 Å². The normalized spacial score (nSPS) is 36.4. The Labute approximate surface area is 92.2 Å². The highest BCUT2D eigenvalue weighted by molar-refractivity contribution is 4.96. The maximum atomic E-state index is 10.6. The Bertz CT molecular complexity index is 202. The molecule has 0 aromatic rings. The van der Waals surface area contributed by atoms with E-state index in [9.17, 15) is 5.11 Å². The van der Waals surface area contributed by atoms with Gasteiger partial charge in [-0.3, -0.25) is 0 Å². The molecule has 2 fully saturated rings. The van der Waals surface area contributed by atoms with Crippen LogP contribution in [0.25, 0.3) is 0 Å². The van der Waals surface area contributed by atoms with E-state index in [0.717, 1.165) is 31.7 Å². The zero-order chi connectivity index (χ0) is 10.7. The fourth-order valence-corrected chi connectivity index (χ4v) is 2.85. The molecule has 88 valence electrons. The van der Waals surface area contributed by atoms with E-state index in [4.69, 9.17) is 4.74 Å². The fourth-order valence-electron chi connectivity index (χ4n) is 2.85. The lowest BCUT2D eigenvalue weighted by atomic mass is 9.78. The van der Waals surface area contributed by atoms with Crippen molar-refractivity contribution in [3.63, 3.8) is 0 Å². The smallest absolute Gasteiger partial charge is 0.0843 e. The number of aliphatic hydroxyl groups is 1. The van der Waals surface area contributed by atoms with Crippen LogP contribution in [0.2, 0.25) is 0 Å². The zero-order valence-electron chi connectivity index (χ0n) is 9.67. The van der Waals surface area contributed by atoms with Gasteiger partial charge in [-0.25, -0.2) is 0 Å². The molecule has 2 saturated heterocycles. The van der Waals surface area contributed by atoms with Gasteiger partial charge in [0.25, 0.3) is 0 Å². The summed E-state index contributed by atoms with van der Waals surface area (Å²) >= 11 is 0. The van der Waals surface area contributed by atoms with Crippen molar-refractivity contribution in [1.82, 2.24) is 5.32 Å². The minimum absolute atomic E-state index is 0.292. The Hall–Kier alpha value is -0.120. The minimum Gasteiger partial charge on any atom is -0.388 e. The van der Waals surface area contributed by atoms with E-state index in [-0.39, 0.29) is 0 Å². The van der Waals surface area contributed by atoms with Gasteiger partial charge >= 0.3 is 0 Å². The van der Waals surface area contributed by atoms with Gasteiger partial charge in [-0.2, -0.15) is 0 Å². The van der Waals surface area contributed by atoms with Crippen molar-refractivity contribution in [1.29, 1.82) is 0 Å². The highest BCUT2D eigenvalue weighted by Crippen LogP contribution is 2.31. The van der Waals surface area contributed by atoms with Crippen LogP contribution in [0, 0.1) is 5.92 Å². The molecule has 0 spiro atoms. The minimum atomic E-state index is -0.508. The van der Waals surface area contributed by atoms with Gasteiger partial charge in [0.15, 0.2) is 0 Å². The van der Waals surface area contributed by atoms with Crippen LogP contribution >= 0.6 is 0 Å². The van der Waals surface area contributed by atoms with Crippen molar-refractivity contribution in [3.05, 3.63) is 0 Å². The largest absolute Gasteiger partial charge is 0.388 e. The Kier molecular flexibility index (Phi) is 3.65. The van der Waals surface area contributed by atoms with Gasteiger partial charge in [-0.15, -0.1) is 0 Å². The lowest BCUT2D eigenvalue weighted by molar-refractivity contribution is -0.0931. The van der Waals surface area contributed by atoms with Crippen LogP contribution in [0.5, 0.6) is 0 Å². The topological polar surface area (TPSA) is 41.5 Å². The predicted molar refractivity (Wildman–Crippen MR) is 59.8 cm³/mol. The van der Waals surface area contributed by atoms with E-state index in [1.807, 2.05) is 0 Å². The second-order valence-electron chi connectivity index (χ2n) is 5.02. The monoisotopic (exact) mass is 213 g/mol. The number of ether oxygens (including phenoxy) is 1. The highest BCUT2D eigenvalue weighted by atomic mass is 16.5. The average molecular weight is 213 g/mol. The zero-order valence-corrected chi connectivity index (χ0v) is 9.67. The molecule has 0 aliphatic carbocycles. The lowest BCUT2D eigenvalue weighted by Gasteiger charge is -2.43. The SMILES string of the molecule is CCC1CCNC(C2(O)CCOCC2)C1. The molecule has 2 aliphatic heterocycles.